The monoisotopic (exact) mass is 281 g/mol. The van der Waals surface area contributed by atoms with E-state index in [-0.39, 0.29) is 0 Å². The van der Waals surface area contributed by atoms with Crippen LogP contribution in [0.15, 0.2) is 0 Å². The number of nitrogens with two attached hydrogens (primary N) is 1. The summed E-state index contributed by atoms with van der Waals surface area (Å²) in [5, 5.41) is 0. The largest absolute Gasteiger partial charge is 0.378 e. The van der Waals surface area contributed by atoms with Gasteiger partial charge in [0.25, 0.3) is 0 Å². The molecule has 1 aliphatic carbocycles. The van der Waals surface area contributed by atoms with Crippen molar-refractivity contribution >= 4 is 0 Å². The summed E-state index contributed by atoms with van der Waals surface area (Å²) in [4.78, 5) is 0. The number of ether oxygens (including phenoxy) is 1. The zero-order valence-corrected chi connectivity index (χ0v) is 13.9. The lowest BCUT2D eigenvalue weighted by atomic mass is 9.68. The van der Waals surface area contributed by atoms with Gasteiger partial charge in [-0.05, 0) is 75.0 Å². The third-order valence-electron chi connectivity index (χ3n) is 5.69. The van der Waals surface area contributed by atoms with Crippen LogP contribution in [0.2, 0.25) is 0 Å². The smallest absolute Gasteiger partial charge is 0.0576 e. The highest BCUT2D eigenvalue weighted by molar-refractivity contribution is 4.84. The molecule has 1 saturated carbocycles. The number of hydrogen-bond donors (Lipinski definition) is 1. The van der Waals surface area contributed by atoms with Crippen molar-refractivity contribution in [1.82, 2.24) is 0 Å². The Morgan fingerprint density at radius 3 is 2.35 bits per heavy atom. The van der Waals surface area contributed by atoms with Crippen LogP contribution in [0, 0.1) is 17.3 Å². The lowest BCUT2D eigenvalue weighted by Gasteiger charge is -2.38. The van der Waals surface area contributed by atoms with Gasteiger partial charge in [-0.1, -0.05) is 20.8 Å². The Morgan fingerprint density at radius 2 is 1.80 bits per heavy atom. The molecule has 0 aromatic rings. The van der Waals surface area contributed by atoms with Crippen LogP contribution in [0.1, 0.15) is 78.6 Å². The third-order valence-corrected chi connectivity index (χ3v) is 5.69. The first-order valence-electron chi connectivity index (χ1n) is 8.84. The number of hydrogen-bond acceptors (Lipinski definition) is 2. The first-order valence-corrected chi connectivity index (χ1v) is 8.84. The molecule has 20 heavy (non-hydrogen) atoms. The van der Waals surface area contributed by atoms with Crippen LogP contribution in [0.25, 0.3) is 0 Å². The molecule has 0 aromatic heterocycles. The molecule has 0 bridgehead atoms. The fourth-order valence-corrected chi connectivity index (χ4v) is 4.10. The average molecular weight is 281 g/mol. The fourth-order valence-electron chi connectivity index (χ4n) is 4.10. The second kappa shape index (κ2) is 7.26. The SMILES string of the molecule is CC(C)(C)C1CCC(C(N)CCCC2CCCO2)CC1. The van der Waals surface area contributed by atoms with Gasteiger partial charge < -0.3 is 10.5 Å². The van der Waals surface area contributed by atoms with E-state index in [0.29, 0.717) is 17.6 Å². The van der Waals surface area contributed by atoms with Crippen molar-refractivity contribution in [3.8, 4) is 0 Å². The maximum absolute atomic E-state index is 6.45. The molecule has 0 amide bonds. The second-order valence-corrected chi connectivity index (χ2v) is 8.21. The molecule has 2 atom stereocenters. The van der Waals surface area contributed by atoms with Gasteiger partial charge >= 0.3 is 0 Å². The summed E-state index contributed by atoms with van der Waals surface area (Å²) in [5.41, 5.74) is 6.93. The highest BCUT2D eigenvalue weighted by Gasteiger charge is 2.31. The molecule has 2 fully saturated rings. The molecular formula is C18H35NO. The van der Waals surface area contributed by atoms with Crippen LogP contribution < -0.4 is 5.73 Å². The Bertz CT molecular complexity index is 270. The maximum atomic E-state index is 6.45. The maximum Gasteiger partial charge on any atom is 0.0576 e. The Balaban J connectivity index is 1.62. The molecule has 1 saturated heterocycles. The highest BCUT2D eigenvalue weighted by Crippen LogP contribution is 2.40. The van der Waals surface area contributed by atoms with Crippen LogP contribution in [0.4, 0.5) is 0 Å². The summed E-state index contributed by atoms with van der Waals surface area (Å²) in [6.07, 6.45) is 12.2. The summed E-state index contributed by atoms with van der Waals surface area (Å²) < 4.78 is 5.69. The molecule has 2 rings (SSSR count). The first-order chi connectivity index (χ1) is 9.47. The molecule has 1 heterocycles. The minimum atomic E-state index is 0.428. The fraction of sp³-hybridized carbons (Fsp3) is 1.00. The summed E-state index contributed by atoms with van der Waals surface area (Å²) in [7, 11) is 0. The van der Waals surface area contributed by atoms with Gasteiger partial charge in [-0.25, -0.2) is 0 Å². The lowest BCUT2D eigenvalue weighted by molar-refractivity contribution is 0.0991. The van der Waals surface area contributed by atoms with E-state index in [1.54, 1.807) is 0 Å². The van der Waals surface area contributed by atoms with Crippen LogP contribution in [-0.4, -0.2) is 18.8 Å². The van der Waals surface area contributed by atoms with Gasteiger partial charge in [-0.2, -0.15) is 0 Å². The van der Waals surface area contributed by atoms with Crippen molar-refractivity contribution in [2.75, 3.05) is 6.61 Å². The van der Waals surface area contributed by atoms with Crippen molar-refractivity contribution < 1.29 is 4.74 Å². The predicted octanol–water partition coefficient (Wildman–Crippen LogP) is 4.52. The van der Waals surface area contributed by atoms with Crippen LogP contribution in [-0.2, 0) is 4.74 Å². The van der Waals surface area contributed by atoms with E-state index in [1.807, 2.05) is 0 Å². The van der Waals surface area contributed by atoms with Gasteiger partial charge in [0.2, 0.25) is 0 Å². The normalized spacial score (nSPS) is 33.3. The van der Waals surface area contributed by atoms with E-state index in [4.69, 9.17) is 10.5 Å². The third kappa shape index (κ3) is 4.73. The van der Waals surface area contributed by atoms with E-state index in [1.165, 1.54) is 57.8 Å². The molecule has 2 nitrogen and oxygen atoms in total. The van der Waals surface area contributed by atoms with Crippen molar-refractivity contribution in [1.29, 1.82) is 0 Å². The van der Waals surface area contributed by atoms with E-state index >= 15 is 0 Å². The van der Waals surface area contributed by atoms with Crippen LogP contribution >= 0.6 is 0 Å². The van der Waals surface area contributed by atoms with Gasteiger partial charge in [0.15, 0.2) is 0 Å². The second-order valence-electron chi connectivity index (χ2n) is 8.21. The van der Waals surface area contributed by atoms with Crippen LogP contribution in [0.3, 0.4) is 0 Å². The predicted molar refractivity (Wildman–Crippen MR) is 85.7 cm³/mol. The number of rotatable bonds is 5. The molecule has 118 valence electrons. The Hall–Kier alpha value is -0.0800. The molecule has 0 spiro atoms. The zero-order valence-electron chi connectivity index (χ0n) is 13.9. The molecule has 2 heteroatoms. The summed E-state index contributed by atoms with van der Waals surface area (Å²) in [6.45, 7) is 8.14. The molecule has 1 aliphatic heterocycles. The van der Waals surface area contributed by atoms with Gasteiger partial charge in [-0.3, -0.25) is 0 Å². The molecular weight excluding hydrogens is 246 g/mol. The standard InChI is InChI=1S/C18H35NO/c1-18(2,3)15-11-9-14(10-12-15)17(19)8-4-6-16-7-5-13-20-16/h14-17H,4-13,19H2,1-3H3. The van der Waals surface area contributed by atoms with Gasteiger partial charge in [-0.15, -0.1) is 0 Å². The van der Waals surface area contributed by atoms with Gasteiger partial charge in [0.1, 0.15) is 0 Å². The highest BCUT2D eigenvalue weighted by atomic mass is 16.5. The zero-order chi connectivity index (χ0) is 14.6. The molecule has 2 aliphatic rings. The minimum Gasteiger partial charge on any atom is -0.378 e. The molecule has 0 radical (unpaired) electrons. The Morgan fingerprint density at radius 1 is 1.10 bits per heavy atom. The lowest BCUT2D eigenvalue weighted by Crippen LogP contribution is -2.35. The van der Waals surface area contributed by atoms with E-state index in [0.717, 1.165) is 18.4 Å². The first kappa shape index (κ1) is 16.3. The summed E-state index contributed by atoms with van der Waals surface area (Å²) in [5.74, 6) is 1.68. The topological polar surface area (TPSA) is 35.2 Å². The summed E-state index contributed by atoms with van der Waals surface area (Å²) >= 11 is 0. The van der Waals surface area contributed by atoms with Gasteiger partial charge in [0.05, 0.1) is 6.10 Å². The van der Waals surface area contributed by atoms with Crippen molar-refractivity contribution in [2.24, 2.45) is 23.0 Å². The van der Waals surface area contributed by atoms with Crippen molar-refractivity contribution in [3.05, 3.63) is 0 Å². The van der Waals surface area contributed by atoms with Gasteiger partial charge in [0, 0.05) is 12.6 Å². The molecule has 2 N–H and O–H groups in total. The summed E-state index contributed by atoms with van der Waals surface area (Å²) in [6, 6.07) is 0.428. The Kier molecular flexibility index (Phi) is 5.92. The average Bonchev–Trinajstić information content (AvgIpc) is 2.91. The van der Waals surface area contributed by atoms with E-state index < -0.39 is 0 Å². The minimum absolute atomic E-state index is 0.428. The Labute approximate surface area is 125 Å². The van der Waals surface area contributed by atoms with E-state index in [2.05, 4.69) is 20.8 Å². The quantitative estimate of drug-likeness (QED) is 0.804. The van der Waals surface area contributed by atoms with Crippen LogP contribution in [0.5, 0.6) is 0 Å². The van der Waals surface area contributed by atoms with Crippen molar-refractivity contribution in [3.63, 3.8) is 0 Å². The van der Waals surface area contributed by atoms with Crippen molar-refractivity contribution in [2.45, 2.75) is 90.7 Å². The molecule has 2 unspecified atom stereocenters. The molecule has 0 aromatic carbocycles. The van der Waals surface area contributed by atoms with E-state index in [9.17, 15) is 0 Å².